The van der Waals surface area contributed by atoms with Gasteiger partial charge < -0.3 is 4.79 Å². The van der Waals surface area contributed by atoms with E-state index in [9.17, 15) is 14.9 Å². The number of benzene rings is 1. The van der Waals surface area contributed by atoms with Crippen LogP contribution in [0.5, 0.6) is 0 Å². The zero-order valence-electron chi connectivity index (χ0n) is 22.5. The van der Waals surface area contributed by atoms with E-state index in [2.05, 4.69) is 39.5 Å². The van der Waals surface area contributed by atoms with Gasteiger partial charge in [0.25, 0.3) is 0 Å². The predicted octanol–water partition coefficient (Wildman–Crippen LogP) is 8.24. The maximum absolute atomic E-state index is 13.0. The molecular formula is C31H42N2O2. The van der Waals surface area contributed by atoms with Crippen LogP contribution in [-0.2, 0) is 11.2 Å². The number of allylic oxidation sites excluding steroid dienone is 7. The highest BCUT2D eigenvalue weighted by molar-refractivity contribution is 5.96. The summed E-state index contributed by atoms with van der Waals surface area (Å²) in [6, 6.07) is 7.49. The van der Waals surface area contributed by atoms with Gasteiger partial charge in [-0.05, 0) is 64.2 Å². The van der Waals surface area contributed by atoms with Crippen molar-refractivity contribution in [1.29, 1.82) is 5.26 Å². The van der Waals surface area contributed by atoms with Crippen LogP contribution in [0.1, 0.15) is 77.2 Å². The number of carbonyl (C=O) groups excluding carboxylic acids is 2. The smallest absolute Gasteiger partial charge is 0.234 e. The second-order valence-electron chi connectivity index (χ2n) is 8.58. The van der Waals surface area contributed by atoms with Crippen LogP contribution in [0.4, 0.5) is 0 Å². The van der Waals surface area contributed by atoms with E-state index in [1.165, 1.54) is 5.57 Å². The molecule has 0 saturated carbocycles. The Balaban J connectivity index is 0.00000110. The van der Waals surface area contributed by atoms with Gasteiger partial charge in [0, 0.05) is 23.9 Å². The molecule has 0 fully saturated rings. The van der Waals surface area contributed by atoms with Crippen LogP contribution in [0.15, 0.2) is 73.0 Å². The van der Waals surface area contributed by atoms with Crippen molar-refractivity contribution in [3.8, 4) is 6.07 Å². The first-order chi connectivity index (χ1) is 16.7. The van der Waals surface area contributed by atoms with E-state index in [0.717, 1.165) is 22.8 Å². The van der Waals surface area contributed by atoms with E-state index in [0.29, 0.717) is 30.7 Å². The third-order valence-corrected chi connectivity index (χ3v) is 5.57. The Morgan fingerprint density at radius 3 is 2.26 bits per heavy atom. The molecule has 1 unspecified atom stereocenters. The Morgan fingerprint density at radius 2 is 1.80 bits per heavy atom. The molecule has 0 aliphatic heterocycles. The van der Waals surface area contributed by atoms with E-state index >= 15 is 0 Å². The lowest BCUT2D eigenvalue weighted by atomic mass is 9.99. The third kappa shape index (κ3) is 11.0. The number of fused-ring (bicyclic) bond motifs is 1. The number of aromatic nitrogens is 1. The minimum atomic E-state index is -0.163. The van der Waals surface area contributed by atoms with E-state index in [1.807, 2.05) is 64.3 Å². The van der Waals surface area contributed by atoms with Crippen molar-refractivity contribution < 1.29 is 9.59 Å². The highest BCUT2D eigenvalue weighted by atomic mass is 16.2. The molecule has 0 spiro atoms. The van der Waals surface area contributed by atoms with Gasteiger partial charge in [0.15, 0.2) is 0 Å². The molecule has 4 nitrogen and oxygen atoms in total. The predicted molar refractivity (Wildman–Crippen MR) is 150 cm³/mol. The zero-order chi connectivity index (χ0) is 26.8. The molecule has 2 rings (SSSR count). The minimum absolute atomic E-state index is 0.00949. The molecule has 0 N–H and O–H groups in total. The summed E-state index contributed by atoms with van der Waals surface area (Å²) in [5, 5.41) is 10.1. The zero-order valence-corrected chi connectivity index (χ0v) is 22.5. The molecule has 188 valence electrons. The van der Waals surface area contributed by atoms with Crippen molar-refractivity contribution >= 4 is 23.1 Å². The summed E-state index contributed by atoms with van der Waals surface area (Å²) in [7, 11) is 0. The molecule has 35 heavy (non-hydrogen) atoms. The number of carbonyl (C=O) groups is 2. The maximum atomic E-state index is 13.0. The second-order valence-corrected chi connectivity index (χ2v) is 8.58. The summed E-state index contributed by atoms with van der Waals surface area (Å²) in [6.45, 7) is 17.7. The van der Waals surface area contributed by atoms with Gasteiger partial charge >= 0.3 is 0 Å². The fraction of sp³-hybridized carbons (Fsp3) is 0.387. The standard InChI is InChI=1S/C22H26N2O2.C5H8.C4H8/c1-15(2)16(3)7-8-17(4)22(26)24-14-19(6-5-11-25)20-10-9-18(13-23)12-21(20)24;1-3-5-4-2;1-3-4-2/h7,9-12,14-15,17H,5-6,8H2,1-4H3;3-5H,1H2,2H3;3-4H,1-2H3/b16-7+;5-4-;4-3-. The van der Waals surface area contributed by atoms with Crippen LogP contribution >= 0.6 is 0 Å². The lowest BCUT2D eigenvalue weighted by Crippen LogP contribution is -2.18. The molecule has 1 atom stereocenters. The van der Waals surface area contributed by atoms with Gasteiger partial charge in [-0.2, -0.15) is 5.26 Å². The Labute approximate surface area is 212 Å². The average Bonchev–Trinajstić information content (AvgIpc) is 3.23. The van der Waals surface area contributed by atoms with Crippen molar-refractivity contribution in [2.45, 2.75) is 67.7 Å². The monoisotopic (exact) mass is 474 g/mol. The number of rotatable bonds is 8. The molecule has 0 aliphatic carbocycles. The van der Waals surface area contributed by atoms with Crippen LogP contribution in [0.2, 0.25) is 0 Å². The van der Waals surface area contributed by atoms with E-state index in [1.54, 1.807) is 22.8 Å². The SMILES string of the molecule is C/C(=C\CC(C)C(=O)n1cc(CCC=O)c2ccc(C#N)cc21)C(C)C.C/C=C\C.C=C/C=C\C. The van der Waals surface area contributed by atoms with Crippen LogP contribution in [-0.4, -0.2) is 16.8 Å². The van der Waals surface area contributed by atoms with E-state index in [4.69, 9.17) is 0 Å². The first-order valence-electron chi connectivity index (χ1n) is 12.2. The molecule has 0 bridgehead atoms. The molecule has 2 aromatic rings. The molecule has 0 radical (unpaired) electrons. The molecule has 1 aromatic heterocycles. The molecule has 1 heterocycles. The van der Waals surface area contributed by atoms with Crippen molar-refractivity contribution in [2.24, 2.45) is 11.8 Å². The average molecular weight is 475 g/mol. The van der Waals surface area contributed by atoms with Crippen LogP contribution in [0, 0.1) is 23.2 Å². The summed E-state index contributed by atoms with van der Waals surface area (Å²) in [5.74, 6) is 0.317. The van der Waals surface area contributed by atoms with Crippen LogP contribution in [0.25, 0.3) is 10.9 Å². The summed E-state index contributed by atoms with van der Waals surface area (Å²) in [4.78, 5) is 23.8. The topological polar surface area (TPSA) is 62.9 Å². The highest BCUT2D eigenvalue weighted by Crippen LogP contribution is 2.25. The Bertz CT molecular complexity index is 1070. The molecule has 0 amide bonds. The summed E-state index contributed by atoms with van der Waals surface area (Å²) in [5.41, 5.74) is 3.51. The Morgan fingerprint density at radius 1 is 1.14 bits per heavy atom. The summed E-state index contributed by atoms with van der Waals surface area (Å²) in [6.07, 6.45) is 16.1. The number of nitriles is 1. The lowest BCUT2D eigenvalue weighted by molar-refractivity contribution is -0.107. The number of nitrogens with zero attached hydrogens (tertiary/aromatic N) is 2. The number of aldehydes is 1. The van der Waals surface area contributed by atoms with Crippen molar-refractivity contribution in [2.75, 3.05) is 0 Å². The second kappa shape index (κ2) is 18.0. The first-order valence-corrected chi connectivity index (χ1v) is 12.2. The van der Waals surface area contributed by atoms with Crippen molar-refractivity contribution in [3.05, 3.63) is 84.1 Å². The quantitative estimate of drug-likeness (QED) is 0.220. The van der Waals surface area contributed by atoms with Gasteiger partial charge in [0.05, 0.1) is 17.1 Å². The number of hydrogen-bond donors (Lipinski definition) is 0. The fourth-order valence-corrected chi connectivity index (χ4v) is 3.04. The third-order valence-electron chi connectivity index (χ3n) is 5.57. The minimum Gasteiger partial charge on any atom is -0.303 e. The van der Waals surface area contributed by atoms with E-state index in [-0.39, 0.29) is 11.8 Å². The number of hydrogen-bond acceptors (Lipinski definition) is 3. The normalized spacial score (nSPS) is 12.0. The van der Waals surface area contributed by atoms with Gasteiger partial charge in [-0.15, -0.1) is 0 Å². The fourth-order valence-electron chi connectivity index (χ4n) is 3.04. The summed E-state index contributed by atoms with van der Waals surface area (Å²) < 4.78 is 1.65. The maximum Gasteiger partial charge on any atom is 0.234 e. The van der Waals surface area contributed by atoms with Gasteiger partial charge in [0.1, 0.15) is 6.29 Å². The number of aryl methyl sites for hydroxylation is 1. The largest absolute Gasteiger partial charge is 0.303 e. The molecule has 4 heteroatoms. The van der Waals surface area contributed by atoms with E-state index < -0.39 is 0 Å². The van der Waals surface area contributed by atoms with Gasteiger partial charge in [0.2, 0.25) is 5.91 Å². The van der Waals surface area contributed by atoms with Gasteiger partial charge in [-0.25, -0.2) is 0 Å². The Kier molecular flexibility index (Phi) is 16.2. The highest BCUT2D eigenvalue weighted by Gasteiger charge is 2.19. The Hall–Kier alpha value is -3.45. The molecular weight excluding hydrogens is 432 g/mol. The first kappa shape index (κ1) is 31.6. The van der Waals surface area contributed by atoms with Crippen LogP contribution < -0.4 is 0 Å². The van der Waals surface area contributed by atoms with Crippen molar-refractivity contribution in [1.82, 2.24) is 4.57 Å². The molecule has 0 saturated heterocycles. The lowest BCUT2D eigenvalue weighted by Gasteiger charge is -2.12. The summed E-state index contributed by atoms with van der Waals surface area (Å²) >= 11 is 0. The van der Waals surface area contributed by atoms with Crippen molar-refractivity contribution in [3.63, 3.8) is 0 Å². The van der Waals surface area contributed by atoms with Gasteiger partial charge in [-0.1, -0.05) is 75.4 Å². The van der Waals surface area contributed by atoms with Gasteiger partial charge in [-0.3, -0.25) is 9.36 Å². The molecule has 1 aromatic carbocycles. The molecule has 0 aliphatic rings. The van der Waals surface area contributed by atoms with Crippen LogP contribution in [0.3, 0.4) is 0 Å².